The molecule has 0 aliphatic carbocycles. The van der Waals surface area contributed by atoms with E-state index in [-0.39, 0.29) is 0 Å². The highest BCUT2D eigenvalue weighted by Gasteiger charge is 2.00. The molecule has 60 valence electrons. The van der Waals surface area contributed by atoms with Crippen LogP contribution in [0.4, 0.5) is 0 Å². The molecule has 1 rings (SSSR count). The van der Waals surface area contributed by atoms with Crippen molar-refractivity contribution in [2.24, 2.45) is 5.16 Å². The first-order valence-corrected chi connectivity index (χ1v) is 4.37. The highest BCUT2D eigenvalue weighted by molar-refractivity contribution is 7.14. The lowest BCUT2D eigenvalue weighted by Crippen LogP contribution is -1.87. The second-order valence-corrected chi connectivity index (χ2v) is 3.47. The molecule has 0 saturated carbocycles. The van der Waals surface area contributed by atoms with E-state index in [0.29, 0.717) is 5.71 Å². The van der Waals surface area contributed by atoms with Crippen LogP contribution in [-0.4, -0.2) is 10.9 Å². The van der Waals surface area contributed by atoms with E-state index in [2.05, 4.69) is 18.1 Å². The number of rotatable bonds is 2. The minimum atomic E-state index is 0.690. The summed E-state index contributed by atoms with van der Waals surface area (Å²) in [5, 5.41) is 11.6. The summed E-state index contributed by atoms with van der Waals surface area (Å²) < 4.78 is 0. The van der Waals surface area contributed by atoms with E-state index in [9.17, 15) is 0 Å². The Kier molecular flexibility index (Phi) is 2.65. The second-order valence-electron chi connectivity index (χ2n) is 2.30. The van der Waals surface area contributed by atoms with Crippen molar-refractivity contribution in [1.29, 1.82) is 0 Å². The summed E-state index contributed by atoms with van der Waals surface area (Å²) in [6, 6.07) is 4.05. The summed E-state index contributed by atoms with van der Waals surface area (Å²) in [4.78, 5) is 2.37. The first-order valence-electron chi connectivity index (χ1n) is 3.55. The number of hydrogen-bond acceptors (Lipinski definition) is 3. The lowest BCUT2D eigenvalue weighted by atomic mass is 10.3. The van der Waals surface area contributed by atoms with Crippen LogP contribution in [0.15, 0.2) is 17.3 Å². The molecular weight excluding hydrogens is 158 g/mol. The highest BCUT2D eigenvalue weighted by atomic mass is 32.1. The van der Waals surface area contributed by atoms with E-state index in [1.54, 1.807) is 18.3 Å². The van der Waals surface area contributed by atoms with Crippen LogP contribution in [0.2, 0.25) is 0 Å². The first kappa shape index (κ1) is 8.27. The van der Waals surface area contributed by atoms with Gasteiger partial charge in [0.25, 0.3) is 0 Å². The Labute approximate surface area is 70.2 Å². The van der Waals surface area contributed by atoms with Gasteiger partial charge in [0.1, 0.15) is 0 Å². The van der Waals surface area contributed by atoms with Crippen LogP contribution in [0, 0.1) is 0 Å². The Hall–Kier alpha value is -0.830. The van der Waals surface area contributed by atoms with E-state index in [1.807, 2.05) is 6.07 Å². The molecule has 0 atom stereocenters. The lowest BCUT2D eigenvalue weighted by molar-refractivity contribution is 0.319. The van der Waals surface area contributed by atoms with Gasteiger partial charge in [-0.2, -0.15) is 0 Å². The van der Waals surface area contributed by atoms with Gasteiger partial charge >= 0.3 is 0 Å². The van der Waals surface area contributed by atoms with Gasteiger partial charge in [-0.05, 0) is 25.5 Å². The van der Waals surface area contributed by atoms with Gasteiger partial charge in [-0.25, -0.2) is 0 Å². The zero-order valence-corrected chi connectivity index (χ0v) is 7.48. The topological polar surface area (TPSA) is 32.6 Å². The van der Waals surface area contributed by atoms with Gasteiger partial charge < -0.3 is 5.21 Å². The van der Waals surface area contributed by atoms with Crippen molar-refractivity contribution in [2.75, 3.05) is 0 Å². The second kappa shape index (κ2) is 3.53. The molecule has 0 spiro atoms. The number of thiophene rings is 1. The zero-order valence-electron chi connectivity index (χ0n) is 6.66. The average Bonchev–Trinajstić information content (AvgIpc) is 2.50. The van der Waals surface area contributed by atoms with Crippen molar-refractivity contribution in [1.82, 2.24) is 0 Å². The summed E-state index contributed by atoms with van der Waals surface area (Å²) in [6.07, 6.45) is 1.05. The molecule has 0 amide bonds. The van der Waals surface area contributed by atoms with E-state index in [0.717, 1.165) is 11.3 Å². The molecule has 0 aromatic carbocycles. The molecular formula is C8H11NOS. The van der Waals surface area contributed by atoms with Gasteiger partial charge in [0, 0.05) is 4.88 Å². The fraction of sp³-hybridized carbons (Fsp3) is 0.375. The molecule has 0 radical (unpaired) electrons. The molecule has 1 heterocycles. The Bertz CT molecular complexity index is 265. The van der Waals surface area contributed by atoms with Crippen LogP contribution < -0.4 is 0 Å². The molecule has 0 aliphatic heterocycles. The summed E-state index contributed by atoms with van der Waals surface area (Å²) >= 11 is 1.67. The monoisotopic (exact) mass is 169 g/mol. The lowest BCUT2D eigenvalue weighted by Gasteiger charge is -1.89. The predicted molar refractivity (Wildman–Crippen MR) is 47.7 cm³/mol. The molecule has 11 heavy (non-hydrogen) atoms. The zero-order chi connectivity index (χ0) is 8.27. The van der Waals surface area contributed by atoms with Gasteiger partial charge in [-0.3, -0.25) is 0 Å². The van der Waals surface area contributed by atoms with Crippen molar-refractivity contribution >= 4 is 17.0 Å². The van der Waals surface area contributed by atoms with Crippen LogP contribution in [0.5, 0.6) is 0 Å². The number of nitrogens with zero attached hydrogens (tertiary/aromatic N) is 1. The van der Waals surface area contributed by atoms with Crippen LogP contribution >= 0.6 is 11.3 Å². The SMILES string of the molecule is CCc1ccc(C(C)=NO)s1. The Morgan fingerprint density at radius 2 is 2.36 bits per heavy atom. The summed E-state index contributed by atoms with van der Waals surface area (Å²) in [6.45, 7) is 3.91. The maximum Gasteiger partial charge on any atom is 0.0936 e. The third-order valence-corrected chi connectivity index (χ3v) is 2.86. The Morgan fingerprint density at radius 3 is 2.82 bits per heavy atom. The van der Waals surface area contributed by atoms with Crippen molar-refractivity contribution < 1.29 is 5.21 Å². The predicted octanol–water partition coefficient (Wildman–Crippen LogP) is 2.51. The van der Waals surface area contributed by atoms with Gasteiger partial charge in [0.2, 0.25) is 0 Å². The normalized spacial score (nSPS) is 12.0. The highest BCUT2D eigenvalue weighted by Crippen LogP contribution is 2.17. The molecule has 2 nitrogen and oxygen atoms in total. The number of oxime groups is 1. The molecule has 1 aromatic heterocycles. The van der Waals surface area contributed by atoms with E-state index >= 15 is 0 Å². The molecule has 1 N–H and O–H groups in total. The minimum Gasteiger partial charge on any atom is -0.411 e. The smallest absolute Gasteiger partial charge is 0.0936 e. The number of aryl methyl sites for hydroxylation is 1. The average molecular weight is 169 g/mol. The van der Waals surface area contributed by atoms with Crippen molar-refractivity contribution in [2.45, 2.75) is 20.3 Å². The van der Waals surface area contributed by atoms with Gasteiger partial charge in [0.15, 0.2) is 0 Å². The van der Waals surface area contributed by atoms with Gasteiger partial charge in [0.05, 0.1) is 10.6 Å². The number of hydrogen-bond donors (Lipinski definition) is 1. The molecule has 1 aromatic rings. The standard InChI is InChI=1S/C8H11NOS/c1-3-7-4-5-8(11-7)6(2)9-10/h4-5,10H,3H2,1-2H3. The van der Waals surface area contributed by atoms with Crippen molar-refractivity contribution in [3.63, 3.8) is 0 Å². The third kappa shape index (κ3) is 1.80. The van der Waals surface area contributed by atoms with Crippen LogP contribution in [0.25, 0.3) is 0 Å². The van der Waals surface area contributed by atoms with Crippen molar-refractivity contribution in [3.05, 3.63) is 21.9 Å². The molecule has 3 heteroatoms. The van der Waals surface area contributed by atoms with Crippen LogP contribution in [0.3, 0.4) is 0 Å². The molecule has 0 fully saturated rings. The Morgan fingerprint density at radius 1 is 1.64 bits per heavy atom. The molecule has 0 aliphatic rings. The van der Waals surface area contributed by atoms with Crippen LogP contribution in [0.1, 0.15) is 23.6 Å². The van der Waals surface area contributed by atoms with Gasteiger partial charge in [-0.15, -0.1) is 11.3 Å². The summed E-state index contributed by atoms with van der Waals surface area (Å²) in [5.74, 6) is 0. The molecule has 0 bridgehead atoms. The maximum absolute atomic E-state index is 8.46. The fourth-order valence-electron chi connectivity index (χ4n) is 0.812. The third-order valence-electron chi connectivity index (χ3n) is 1.52. The Balaban J connectivity index is 2.89. The van der Waals surface area contributed by atoms with E-state index < -0.39 is 0 Å². The van der Waals surface area contributed by atoms with E-state index in [4.69, 9.17) is 5.21 Å². The largest absolute Gasteiger partial charge is 0.411 e. The maximum atomic E-state index is 8.46. The quantitative estimate of drug-likeness (QED) is 0.412. The van der Waals surface area contributed by atoms with Crippen LogP contribution in [-0.2, 0) is 6.42 Å². The minimum absolute atomic E-state index is 0.690. The summed E-state index contributed by atoms with van der Waals surface area (Å²) in [7, 11) is 0. The van der Waals surface area contributed by atoms with Gasteiger partial charge in [-0.1, -0.05) is 12.1 Å². The fourth-order valence-corrected chi connectivity index (χ4v) is 1.70. The molecule has 0 unspecified atom stereocenters. The molecule has 0 saturated heterocycles. The van der Waals surface area contributed by atoms with E-state index in [1.165, 1.54) is 4.88 Å². The summed E-state index contributed by atoms with van der Waals surface area (Å²) in [5.41, 5.74) is 0.690. The van der Waals surface area contributed by atoms with Crippen molar-refractivity contribution in [3.8, 4) is 0 Å². The first-order chi connectivity index (χ1) is 5.27.